The summed E-state index contributed by atoms with van der Waals surface area (Å²) >= 11 is 17.5. The number of rotatable bonds is 5. The van der Waals surface area contributed by atoms with E-state index in [1.807, 2.05) is 0 Å². The van der Waals surface area contributed by atoms with Crippen LogP contribution in [0.2, 0.25) is 15.1 Å². The molecule has 0 aliphatic heterocycles. The molecule has 3 nitrogen and oxygen atoms in total. The molecule has 0 aromatic heterocycles. The van der Waals surface area contributed by atoms with Gasteiger partial charge in [-0.2, -0.15) is 0 Å². The van der Waals surface area contributed by atoms with E-state index in [1.54, 1.807) is 6.08 Å². The third kappa shape index (κ3) is 4.56. The van der Waals surface area contributed by atoms with Crippen LogP contribution < -0.4 is 10.6 Å². The predicted octanol–water partition coefficient (Wildman–Crippen LogP) is 3.36. The zero-order valence-electron chi connectivity index (χ0n) is 8.90. The second kappa shape index (κ2) is 6.87. The molecule has 1 rings (SSSR count). The van der Waals surface area contributed by atoms with Crippen LogP contribution in [0.1, 0.15) is 0 Å². The smallest absolute Gasteiger partial charge is 0.238 e. The minimum atomic E-state index is -0.216. The van der Waals surface area contributed by atoms with Gasteiger partial charge in [-0.3, -0.25) is 4.79 Å². The first-order chi connectivity index (χ1) is 8.04. The van der Waals surface area contributed by atoms with Crippen molar-refractivity contribution >= 4 is 46.4 Å². The van der Waals surface area contributed by atoms with E-state index in [2.05, 4.69) is 17.2 Å². The highest BCUT2D eigenvalue weighted by molar-refractivity contribution is 6.44. The van der Waals surface area contributed by atoms with Crippen LogP contribution in [0.3, 0.4) is 0 Å². The Balaban J connectivity index is 2.65. The quantitative estimate of drug-likeness (QED) is 0.496. The number of amides is 1. The summed E-state index contributed by atoms with van der Waals surface area (Å²) in [6, 6.07) is 3.00. The number of nitrogens with one attached hydrogen (secondary N) is 2. The predicted molar refractivity (Wildman–Crippen MR) is 73.2 cm³/mol. The maximum Gasteiger partial charge on any atom is 0.238 e. The summed E-state index contributed by atoms with van der Waals surface area (Å²) in [6.07, 6.45) is 1.67. The summed E-state index contributed by atoms with van der Waals surface area (Å²) in [5.41, 5.74) is 0.437. The molecule has 0 fully saturated rings. The van der Waals surface area contributed by atoms with Crippen LogP contribution in [0.5, 0.6) is 0 Å². The zero-order chi connectivity index (χ0) is 12.8. The van der Waals surface area contributed by atoms with E-state index in [0.29, 0.717) is 27.3 Å². The van der Waals surface area contributed by atoms with Crippen molar-refractivity contribution in [1.29, 1.82) is 0 Å². The van der Waals surface area contributed by atoms with Gasteiger partial charge >= 0.3 is 0 Å². The maximum absolute atomic E-state index is 11.5. The van der Waals surface area contributed by atoms with E-state index in [9.17, 15) is 4.79 Å². The number of hydrogen-bond donors (Lipinski definition) is 2. The van der Waals surface area contributed by atoms with E-state index in [-0.39, 0.29) is 12.5 Å². The monoisotopic (exact) mass is 292 g/mol. The van der Waals surface area contributed by atoms with Gasteiger partial charge in [-0.25, -0.2) is 0 Å². The lowest BCUT2D eigenvalue weighted by molar-refractivity contribution is -0.115. The summed E-state index contributed by atoms with van der Waals surface area (Å²) < 4.78 is 0. The second-order valence-corrected chi connectivity index (χ2v) is 4.44. The largest absolute Gasteiger partial charge is 0.324 e. The van der Waals surface area contributed by atoms with E-state index in [0.717, 1.165) is 0 Å². The van der Waals surface area contributed by atoms with Crippen molar-refractivity contribution in [2.24, 2.45) is 0 Å². The van der Waals surface area contributed by atoms with Crippen LogP contribution in [0, 0.1) is 0 Å². The van der Waals surface area contributed by atoms with E-state index in [1.165, 1.54) is 12.1 Å². The van der Waals surface area contributed by atoms with E-state index >= 15 is 0 Å². The Kier molecular flexibility index (Phi) is 5.78. The normalized spacial score (nSPS) is 10.1. The molecule has 0 aliphatic carbocycles. The van der Waals surface area contributed by atoms with Gasteiger partial charge in [0.25, 0.3) is 0 Å². The fourth-order valence-electron chi connectivity index (χ4n) is 1.10. The van der Waals surface area contributed by atoms with Crippen LogP contribution in [0.4, 0.5) is 5.69 Å². The van der Waals surface area contributed by atoms with Crippen molar-refractivity contribution in [2.75, 3.05) is 18.4 Å². The fourth-order valence-corrected chi connectivity index (χ4v) is 1.69. The molecule has 0 spiro atoms. The molecule has 0 aliphatic rings. The Morgan fingerprint density at radius 1 is 1.24 bits per heavy atom. The Morgan fingerprint density at radius 3 is 2.53 bits per heavy atom. The molecule has 0 radical (unpaired) electrons. The van der Waals surface area contributed by atoms with Gasteiger partial charge in [0.05, 0.1) is 27.3 Å². The van der Waals surface area contributed by atoms with Gasteiger partial charge in [0, 0.05) is 6.54 Å². The van der Waals surface area contributed by atoms with Crippen molar-refractivity contribution in [1.82, 2.24) is 5.32 Å². The number of carbonyl (C=O) groups is 1. The first-order valence-electron chi connectivity index (χ1n) is 4.80. The van der Waals surface area contributed by atoms with Crippen molar-refractivity contribution in [3.63, 3.8) is 0 Å². The van der Waals surface area contributed by atoms with Gasteiger partial charge in [0.2, 0.25) is 5.91 Å². The molecule has 1 aromatic rings. The Hall–Kier alpha value is -0.740. The summed E-state index contributed by atoms with van der Waals surface area (Å²) in [7, 11) is 0. The number of carbonyl (C=O) groups excluding carboxylic acids is 1. The number of hydrogen-bond acceptors (Lipinski definition) is 2. The maximum atomic E-state index is 11.5. The second-order valence-electron chi connectivity index (χ2n) is 3.21. The van der Waals surface area contributed by atoms with Crippen molar-refractivity contribution in [3.8, 4) is 0 Å². The van der Waals surface area contributed by atoms with E-state index in [4.69, 9.17) is 34.8 Å². The fraction of sp³-hybridized carbons (Fsp3) is 0.182. The standard InChI is InChI=1S/C11H11Cl3N2O/c1-2-3-15-6-11(17)16-10-5-8(13)7(12)4-9(10)14/h2,4-5,15H,1,3,6H2,(H,16,17). The molecule has 0 saturated heterocycles. The average molecular weight is 294 g/mol. The summed E-state index contributed by atoms with van der Waals surface area (Å²) in [6.45, 7) is 4.26. The molecular formula is C11H11Cl3N2O. The molecule has 1 aromatic carbocycles. The minimum absolute atomic E-state index is 0.169. The first kappa shape index (κ1) is 14.3. The molecular weight excluding hydrogens is 282 g/mol. The lowest BCUT2D eigenvalue weighted by atomic mass is 10.3. The highest BCUT2D eigenvalue weighted by Gasteiger charge is 2.08. The Morgan fingerprint density at radius 2 is 1.88 bits per heavy atom. The molecule has 6 heteroatoms. The number of anilines is 1. The molecule has 92 valence electrons. The summed E-state index contributed by atoms with van der Waals surface area (Å²) in [5, 5.41) is 6.52. The van der Waals surface area contributed by atoms with Crippen molar-refractivity contribution < 1.29 is 4.79 Å². The SMILES string of the molecule is C=CCNCC(=O)Nc1cc(Cl)c(Cl)cc1Cl. The minimum Gasteiger partial charge on any atom is -0.324 e. The highest BCUT2D eigenvalue weighted by atomic mass is 35.5. The highest BCUT2D eigenvalue weighted by Crippen LogP contribution is 2.32. The van der Waals surface area contributed by atoms with Gasteiger partial charge in [-0.05, 0) is 12.1 Å². The topological polar surface area (TPSA) is 41.1 Å². The molecule has 0 bridgehead atoms. The summed E-state index contributed by atoms with van der Waals surface area (Å²) in [4.78, 5) is 11.5. The van der Waals surface area contributed by atoms with Gasteiger partial charge in [-0.15, -0.1) is 6.58 Å². The van der Waals surface area contributed by atoms with Gasteiger partial charge in [0.1, 0.15) is 0 Å². The van der Waals surface area contributed by atoms with Crippen LogP contribution in [0.15, 0.2) is 24.8 Å². The molecule has 0 unspecified atom stereocenters. The van der Waals surface area contributed by atoms with Crippen LogP contribution in [-0.4, -0.2) is 19.0 Å². The molecule has 17 heavy (non-hydrogen) atoms. The molecule has 1 amide bonds. The van der Waals surface area contributed by atoms with Crippen molar-refractivity contribution in [2.45, 2.75) is 0 Å². The van der Waals surface area contributed by atoms with Crippen molar-refractivity contribution in [3.05, 3.63) is 39.9 Å². The zero-order valence-corrected chi connectivity index (χ0v) is 11.2. The molecule has 0 atom stereocenters. The lowest BCUT2D eigenvalue weighted by Crippen LogP contribution is -2.28. The lowest BCUT2D eigenvalue weighted by Gasteiger charge is -2.08. The Labute approximate surface area is 115 Å². The number of benzene rings is 1. The van der Waals surface area contributed by atoms with Gasteiger partial charge < -0.3 is 10.6 Å². The van der Waals surface area contributed by atoms with Gasteiger partial charge in [0.15, 0.2) is 0 Å². The third-order valence-corrected chi connectivity index (χ3v) is 2.89. The average Bonchev–Trinajstić information content (AvgIpc) is 2.26. The van der Waals surface area contributed by atoms with E-state index < -0.39 is 0 Å². The molecule has 0 heterocycles. The summed E-state index contributed by atoms with van der Waals surface area (Å²) in [5.74, 6) is -0.216. The van der Waals surface area contributed by atoms with Crippen LogP contribution in [-0.2, 0) is 4.79 Å². The first-order valence-corrected chi connectivity index (χ1v) is 5.94. The van der Waals surface area contributed by atoms with Crippen LogP contribution >= 0.6 is 34.8 Å². The Bertz CT molecular complexity index is 435. The van der Waals surface area contributed by atoms with Gasteiger partial charge in [-0.1, -0.05) is 40.9 Å². The third-order valence-electron chi connectivity index (χ3n) is 1.86. The van der Waals surface area contributed by atoms with Crippen LogP contribution in [0.25, 0.3) is 0 Å². The number of halogens is 3. The molecule has 0 saturated carbocycles. The molecule has 2 N–H and O–H groups in total.